The van der Waals surface area contributed by atoms with Gasteiger partial charge in [0, 0.05) is 16.0 Å². The molecule has 2 aromatic carbocycles. The molecule has 26 heavy (non-hydrogen) atoms. The molecule has 0 saturated heterocycles. The maximum atomic E-state index is 12.4. The normalized spacial score (nSPS) is 11.1. The maximum absolute atomic E-state index is 12.4. The van der Waals surface area contributed by atoms with Crippen LogP contribution in [-0.4, -0.2) is 27.1 Å². The summed E-state index contributed by atoms with van der Waals surface area (Å²) in [6.07, 6.45) is 3.06. The van der Waals surface area contributed by atoms with Crippen LogP contribution in [0.4, 0.5) is 0 Å². The van der Waals surface area contributed by atoms with E-state index < -0.39 is 0 Å². The van der Waals surface area contributed by atoms with E-state index in [-0.39, 0.29) is 11.5 Å². The van der Waals surface area contributed by atoms with Crippen molar-refractivity contribution in [2.24, 2.45) is 0 Å². The molecule has 0 unspecified atom stereocenters. The molecule has 5 nitrogen and oxygen atoms in total. The Morgan fingerprint density at radius 3 is 2.46 bits per heavy atom. The van der Waals surface area contributed by atoms with Crippen molar-refractivity contribution in [3.8, 4) is 17.2 Å². The molecule has 3 rings (SSSR count). The lowest BCUT2D eigenvalue weighted by molar-refractivity contribution is 0.102. The minimum Gasteiger partial charge on any atom is -0.493 e. The molecule has 0 amide bonds. The van der Waals surface area contributed by atoms with E-state index in [1.54, 1.807) is 49.6 Å². The van der Waals surface area contributed by atoms with E-state index in [4.69, 9.17) is 30.2 Å². The number of methoxy groups -OCH3 is 3. The number of hydrogen-bond donors (Lipinski definition) is 0. The summed E-state index contributed by atoms with van der Waals surface area (Å²) in [5.41, 5.74) is 1.28. The standard InChI is InChI=1S/C20H17ClO5/c1-23-17-8-5-12(19(24-2)20(17)25-3)4-7-15(22)18-11-13-10-14(21)6-9-16(13)26-18/h4-11H,1-3H3. The Labute approximate surface area is 155 Å². The van der Waals surface area contributed by atoms with E-state index >= 15 is 0 Å². The lowest BCUT2D eigenvalue weighted by atomic mass is 10.1. The van der Waals surface area contributed by atoms with Gasteiger partial charge in [-0.05, 0) is 48.6 Å². The number of furan rings is 1. The van der Waals surface area contributed by atoms with Gasteiger partial charge in [0.2, 0.25) is 11.5 Å². The molecule has 0 radical (unpaired) electrons. The highest BCUT2D eigenvalue weighted by molar-refractivity contribution is 6.31. The fourth-order valence-electron chi connectivity index (χ4n) is 2.64. The summed E-state index contributed by atoms with van der Waals surface area (Å²) in [5.74, 6) is 1.45. The van der Waals surface area contributed by atoms with Gasteiger partial charge in [-0.2, -0.15) is 0 Å². The van der Waals surface area contributed by atoms with E-state index in [9.17, 15) is 4.79 Å². The Morgan fingerprint density at radius 1 is 1.00 bits per heavy atom. The average Bonchev–Trinajstić information content (AvgIpc) is 3.08. The zero-order valence-electron chi connectivity index (χ0n) is 14.5. The van der Waals surface area contributed by atoms with E-state index in [1.807, 2.05) is 0 Å². The Hall–Kier alpha value is -2.92. The van der Waals surface area contributed by atoms with Gasteiger partial charge >= 0.3 is 0 Å². The van der Waals surface area contributed by atoms with Crippen LogP contribution in [-0.2, 0) is 0 Å². The number of fused-ring (bicyclic) bond motifs is 1. The van der Waals surface area contributed by atoms with E-state index in [1.165, 1.54) is 20.3 Å². The van der Waals surface area contributed by atoms with Crippen molar-refractivity contribution in [2.45, 2.75) is 0 Å². The van der Waals surface area contributed by atoms with Gasteiger partial charge in [-0.3, -0.25) is 4.79 Å². The number of hydrogen-bond acceptors (Lipinski definition) is 5. The van der Waals surface area contributed by atoms with Crippen LogP contribution >= 0.6 is 11.6 Å². The van der Waals surface area contributed by atoms with E-state index in [0.717, 1.165) is 5.39 Å². The summed E-state index contributed by atoms with van der Waals surface area (Å²) in [6, 6.07) is 10.4. The zero-order chi connectivity index (χ0) is 18.7. The smallest absolute Gasteiger partial charge is 0.221 e. The summed E-state index contributed by atoms with van der Waals surface area (Å²) in [4.78, 5) is 12.4. The van der Waals surface area contributed by atoms with Gasteiger partial charge in [-0.25, -0.2) is 0 Å². The highest BCUT2D eigenvalue weighted by Crippen LogP contribution is 2.40. The van der Waals surface area contributed by atoms with Crippen molar-refractivity contribution in [1.29, 1.82) is 0 Å². The predicted molar refractivity (Wildman–Crippen MR) is 101 cm³/mol. The first-order valence-corrected chi connectivity index (χ1v) is 8.15. The number of halogens is 1. The van der Waals surface area contributed by atoms with E-state index in [2.05, 4.69) is 0 Å². The minimum absolute atomic E-state index is 0.234. The molecule has 0 bridgehead atoms. The molecule has 6 heteroatoms. The van der Waals surface area contributed by atoms with Crippen LogP contribution in [0.2, 0.25) is 5.02 Å². The molecule has 0 aliphatic heterocycles. The van der Waals surface area contributed by atoms with Gasteiger partial charge in [-0.15, -0.1) is 0 Å². The van der Waals surface area contributed by atoms with Crippen molar-refractivity contribution in [1.82, 2.24) is 0 Å². The predicted octanol–water partition coefficient (Wildman–Crippen LogP) is 5.01. The number of ether oxygens (including phenoxy) is 3. The third kappa shape index (κ3) is 3.39. The quantitative estimate of drug-likeness (QED) is 0.449. The third-order valence-electron chi connectivity index (χ3n) is 3.87. The number of benzene rings is 2. The Balaban J connectivity index is 1.92. The van der Waals surface area contributed by atoms with Crippen LogP contribution < -0.4 is 14.2 Å². The topological polar surface area (TPSA) is 57.9 Å². The molecule has 0 aliphatic rings. The Morgan fingerprint density at radius 2 is 1.77 bits per heavy atom. The molecular weight excluding hydrogens is 356 g/mol. The third-order valence-corrected chi connectivity index (χ3v) is 4.11. The number of rotatable bonds is 6. The number of allylic oxidation sites excluding steroid dienone is 1. The van der Waals surface area contributed by atoms with Crippen LogP contribution in [0.25, 0.3) is 17.0 Å². The van der Waals surface area contributed by atoms with Crippen LogP contribution in [0.1, 0.15) is 16.1 Å². The molecule has 0 fully saturated rings. The zero-order valence-corrected chi connectivity index (χ0v) is 15.3. The number of carbonyl (C=O) groups is 1. The SMILES string of the molecule is COc1ccc(C=CC(=O)c2cc3cc(Cl)ccc3o2)c(OC)c1OC. The second-order valence-corrected chi connectivity index (χ2v) is 5.85. The molecule has 0 atom stereocenters. The highest BCUT2D eigenvalue weighted by atomic mass is 35.5. The van der Waals surface area contributed by atoms with Crippen molar-refractivity contribution >= 4 is 34.4 Å². The van der Waals surface area contributed by atoms with Crippen molar-refractivity contribution in [3.63, 3.8) is 0 Å². The van der Waals surface area contributed by atoms with Crippen LogP contribution in [0.3, 0.4) is 0 Å². The fraction of sp³-hybridized carbons (Fsp3) is 0.150. The summed E-state index contributed by atoms with van der Waals surface area (Å²) in [7, 11) is 4.60. The average molecular weight is 373 g/mol. The maximum Gasteiger partial charge on any atom is 0.221 e. The summed E-state index contributed by atoms with van der Waals surface area (Å²) >= 11 is 5.96. The van der Waals surface area contributed by atoms with Gasteiger partial charge in [0.25, 0.3) is 0 Å². The van der Waals surface area contributed by atoms with Crippen molar-refractivity contribution < 1.29 is 23.4 Å². The first-order chi connectivity index (χ1) is 12.6. The van der Waals surface area contributed by atoms with E-state index in [0.29, 0.717) is 33.4 Å². The molecule has 3 aromatic rings. The van der Waals surface area contributed by atoms with Gasteiger partial charge in [0.15, 0.2) is 17.3 Å². The summed E-state index contributed by atoms with van der Waals surface area (Å²) < 4.78 is 21.6. The molecular formula is C20H17ClO5. The van der Waals surface area contributed by atoms with Crippen LogP contribution in [0.15, 0.2) is 46.9 Å². The van der Waals surface area contributed by atoms with Crippen LogP contribution in [0.5, 0.6) is 17.2 Å². The molecule has 134 valence electrons. The second kappa shape index (κ2) is 7.54. The Bertz CT molecular complexity index is 987. The van der Waals surface area contributed by atoms with Gasteiger partial charge in [0.05, 0.1) is 21.3 Å². The molecule has 0 spiro atoms. The molecule has 0 N–H and O–H groups in total. The minimum atomic E-state index is -0.269. The highest BCUT2D eigenvalue weighted by Gasteiger charge is 2.15. The summed E-state index contributed by atoms with van der Waals surface area (Å²) in [5, 5.41) is 1.36. The molecule has 1 heterocycles. The largest absolute Gasteiger partial charge is 0.493 e. The number of carbonyl (C=O) groups excluding carboxylic acids is 1. The van der Waals surface area contributed by atoms with Crippen LogP contribution in [0, 0.1) is 0 Å². The molecule has 1 aromatic heterocycles. The second-order valence-electron chi connectivity index (χ2n) is 5.41. The van der Waals surface area contributed by atoms with Gasteiger partial charge in [0.1, 0.15) is 5.58 Å². The summed E-state index contributed by atoms with van der Waals surface area (Å²) in [6.45, 7) is 0. The number of ketones is 1. The fourth-order valence-corrected chi connectivity index (χ4v) is 2.82. The lowest BCUT2D eigenvalue weighted by Gasteiger charge is -2.13. The monoisotopic (exact) mass is 372 g/mol. The first kappa shape index (κ1) is 17.9. The Kier molecular flexibility index (Phi) is 5.19. The van der Waals surface area contributed by atoms with Crippen molar-refractivity contribution in [2.75, 3.05) is 21.3 Å². The lowest BCUT2D eigenvalue weighted by Crippen LogP contribution is -1.97. The molecule has 0 aliphatic carbocycles. The van der Waals surface area contributed by atoms with Gasteiger partial charge in [-0.1, -0.05) is 11.6 Å². The van der Waals surface area contributed by atoms with Crippen molar-refractivity contribution in [3.05, 3.63) is 58.8 Å². The molecule has 0 saturated carbocycles. The van der Waals surface area contributed by atoms with Gasteiger partial charge < -0.3 is 18.6 Å². The first-order valence-electron chi connectivity index (χ1n) is 7.78.